The molecule has 0 saturated carbocycles. The first kappa shape index (κ1) is 17.2. The van der Waals surface area contributed by atoms with Crippen LogP contribution in [0.3, 0.4) is 0 Å². The summed E-state index contributed by atoms with van der Waals surface area (Å²) >= 11 is 0. The first-order valence-electron chi connectivity index (χ1n) is 9.66. The molecule has 1 unspecified atom stereocenters. The van der Waals surface area contributed by atoms with Gasteiger partial charge in [-0.15, -0.1) is 10.2 Å². The third-order valence-corrected chi connectivity index (χ3v) is 5.50. The number of rotatable bonds is 4. The first-order chi connectivity index (χ1) is 13.6. The minimum Gasteiger partial charge on any atom is -0.507 e. The molecule has 7 nitrogen and oxygen atoms in total. The molecule has 2 fully saturated rings. The summed E-state index contributed by atoms with van der Waals surface area (Å²) in [5.74, 6) is 1.83. The van der Waals surface area contributed by atoms with Gasteiger partial charge in [0, 0.05) is 29.3 Å². The van der Waals surface area contributed by atoms with Crippen LogP contribution in [0.5, 0.6) is 11.6 Å². The van der Waals surface area contributed by atoms with Crippen molar-refractivity contribution in [2.75, 3.05) is 0 Å². The van der Waals surface area contributed by atoms with Gasteiger partial charge in [-0.1, -0.05) is 0 Å². The van der Waals surface area contributed by atoms with Gasteiger partial charge in [-0.25, -0.2) is 4.98 Å². The van der Waals surface area contributed by atoms with Crippen molar-refractivity contribution < 1.29 is 14.3 Å². The van der Waals surface area contributed by atoms with Crippen molar-refractivity contribution in [1.29, 1.82) is 0 Å². The summed E-state index contributed by atoms with van der Waals surface area (Å²) < 4.78 is 11.5. The number of hydrogen-bond acceptors (Lipinski definition) is 7. The van der Waals surface area contributed by atoms with E-state index in [-0.39, 0.29) is 11.9 Å². The largest absolute Gasteiger partial charge is 0.507 e. The summed E-state index contributed by atoms with van der Waals surface area (Å²) in [6.45, 7) is 1.83. The second-order valence-corrected chi connectivity index (χ2v) is 7.61. The molecule has 3 atom stereocenters. The van der Waals surface area contributed by atoms with Crippen molar-refractivity contribution in [3.63, 3.8) is 0 Å². The Hall–Kier alpha value is -2.93. The maximum atomic E-state index is 10.4. The zero-order chi connectivity index (χ0) is 19.1. The van der Waals surface area contributed by atoms with Gasteiger partial charge in [0.15, 0.2) is 0 Å². The predicted octanol–water partition coefficient (Wildman–Crippen LogP) is 3.47. The number of fused-ring (bicyclic) bond motifs is 2. The number of aromatic nitrogens is 3. The second kappa shape index (κ2) is 6.91. The fourth-order valence-corrected chi connectivity index (χ4v) is 4.17. The van der Waals surface area contributed by atoms with Crippen molar-refractivity contribution in [2.24, 2.45) is 0 Å². The third-order valence-electron chi connectivity index (χ3n) is 5.50. The number of hydrogen-bond donors (Lipinski definition) is 2. The van der Waals surface area contributed by atoms with E-state index in [0.29, 0.717) is 40.7 Å². The Kier molecular flexibility index (Phi) is 4.24. The summed E-state index contributed by atoms with van der Waals surface area (Å²) in [4.78, 5) is 4.18. The third kappa shape index (κ3) is 3.33. The lowest BCUT2D eigenvalue weighted by Gasteiger charge is -2.28. The molecule has 1 aromatic carbocycles. The molecule has 0 radical (unpaired) electrons. The Morgan fingerprint density at radius 1 is 1.11 bits per heavy atom. The van der Waals surface area contributed by atoms with E-state index in [0.717, 1.165) is 18.6 Å². The van der Waals surface area contributed by atoms with E-state index in [4.69, 9.17) is 9.15 Å². The topological polar surface area (TPSA) is 93.3 Å². The predicted molar refractivity (Wildman–Crippen MR) is 103 cm³/mol. The summed E-state index contributed by atoms with van der Waals surface area (Å²) in [5.41, 5.74) is 1.90. The number of nitrogens with zero attached hydrogens (tertiary/aromatic N) is 3. The fraction of sp³-hybridized carbons (Fsp3) is 0.381. The van der Waals surface area contributed by atoms with Gasteiger partial charge in [0.05, 0.1) is 11.9 Å². The van der Waals surface area contributed by atoms with Crippen molar-refractivity contribution in [3.05, 3.63) is 42.3 Å². The van der Waals surface area contributed by atoms with Crippen molar-refractivity contribution in [2.45, 2.75) is 50.8 Å². The molecule has 2 bridgehead atoms. The molecule has 2 aliphatic heterocycles. The number of benzene rings is 1. The van der Waals surface area contributed by atoms with Gasteiger partial charge < -0.3 is 19.6 Å². The molecule has 3 aromatic rings. The van der Waals surface area contributed by atoms with E-state index in [1.807, 2.05) is 25.1 Å². The van der Waals surface area contributed by atoms with Crippen molar-refractivity contribution in [1.82, 2.24) is 20.5 Å². The van der Waals surface area contributed by atoms with Crippen LogP contribution in [-0.4, -0.2) is 38.5 Å². The Labute approximate surface area is 162 Å². The highest BCUT2D eigenvalue weighted by molar-refractivity contribution is 5.71. The fourth-order valence-electron chi connectivity index (χ4n) is 4.17. The number of phenols is 1. The van der Waals surface area contributed by atoms with Crippen LogP contribution in [0.15, 0.2) is 40.9 Å². The molecule has 144 valence electrons. The van der Waals surface area contributed by atoms with Gasteiger partial charge in [-0.3, -0.25) is 0 Å². The van der Waals surface area contributed by atoms with E-state index in [1.54, 1.807) is 18.3 Å². The van der Waals surface area contributed by atoms with Gasteiger partial charge >= 0.3 is 0 Å². The Morgan fingerprint density at radius 2 is 1.93 bits per heavy atom. The highest BCUT2D eigenvalue weighted by atomic mass is 16.5. The zero-order valence-electron chi connectivity index (χ0n) is 15.6. The first-order valence-corrected chi connectivity index (χ1v) is 9.66. The normalized spacial score (nSPS) is 23.7. The number of piperidine rings is 1. The molecule has 7 heteroatoms. The number of ether oxygens (including phenoxy) is 1. The van der Waals surface area contributed by atoms with Crippen LogP contribution in [-0.2, 0) is 0 Å². The van der Waals surface area contributed by atoms with Crippen molar-refractivity contribution in [3.8, 4) is 34.3 Å². The van der Waals surface area contributed by atoms with Crippen LogP contribution in [0.25, 0.3) is 22.7 Å². The molecule has 2 N–H and O–H groups in total. The zero-order valence-corrected chi connectivity index (χ0v) is 15.6. The summed E-state index contributed by atoms with van der Waals surface area (Å²) in [5, 5.41) is 22.5. The lowest BCUT2D eigenvalue weighted by Crippen LogP contribution is -2.42. The molecule has 2 saturated heterocycles. The van der Waals surface area contributed by atoms with Gasteiger partial charge in [-0.2, -0.15) is 0 Å². The number of phenolic OH excluding ortho intramolecular Hbond substituents is 1. The molecule has 0 spiro atoms. The average molecular weight is 378 g/mol. The number of aromatic hydroxyl groups is 1. The molecule has 2 aliphatic rings. The summed E-state index contributed by atoms with van der Waals surface area (Å²) in [6.07, 6.45) is 6.34. The minimum atomic E-state index is 0.103. The number of aryl methyl sites for hydroxylation is 1. The number of oxazole rings is 1. The van der Waals surface area contributed by atoms with Crippen LogP contribution in [0.1, 0.15) is 31.4 Å². The van der Waals surface area contributed by atoms with Gasteiger partial charge in [0.25, 0.3) is 0 Å². The van der Waals surface area contributed by atoms with Gasteiger partial charge in [0.2, 0.25) is 11.8 Å². The quantitative estimate of drug-likeness (QED) is 0.718. The highest BCUT2D eigenvalue weighted by Gasteiger charge is 2.34. The molecular formula is C21H22N4O3. The Bertz CT molecular complexity index is 974. The van der Waals surface area contributed by atoms with Crippen LogP contribution >= 0.6 is 0 Å². The molecule has 28 heavy (non-hydrogen) atoms. The molecule has 4 heterocycles. The lowest BCUT2D eigenvalue weighted by atomic mass is 10.0. The van der Waals surface area contributed by atoms with Crippen LogP contribution in [0, 0.1) is 6.92 Å². The van der Waals surface area contributed by atoms with Crippen LogP contribution in [0.4, 0.5) is 0 Å². The smallest absolute Gasteiger partial charge is 0.233 e. The van der Waals surface area contributed by atoms with Gasteiger partial charge in [0.1, 0.15) is 17.6 Å². The average Bonchev–Trinajstić information content (AvgIpc) is 3.27. The molecule has 5 rings (SSSR count). The van der Waals surface area contributed by atoms with Gasteiger partial charge in [-0.05, 0) is 56.9 Å². The molecule has 2 aromatic heterocycles. The van der Waals surface area contributed by atoms with E-state index >= 15 is 0 Å². The minimum absolute atomic E-state index is 0.103. The van der Waals surface area contributed by atoms with Crippen molar-refractivity contribution >= 4 is 0 Å². The second-order valence-electron chi connectivity index (χ2n) is 7.61. The van der Waals surface area contributed by atoms with Crippen LogP contribution in [0.2, 0.25) is 0 Å². The van der Waals surface area contributed by atoms with Crippen LogP contribution < -0.4 is 10.1 Å². The molecular weight excluding hydrogens is 356 g/mol. The highest BCUT2D eigenvalue weighted by Crippen LogP contribution is 2.33. The Morgan fingerprint density at radius 3 is 2.57 bits per heavy atom. The number of nitrogens with one attached hydrogen (secondary N) is 1. The summed E-state index contributed by atoms with van der Waals surface area (Å²) in [7, 11) is 0. The summed E-state index contributed by atoms with van der Waals surface area (Å²) in [6, 6.07) is 10.0. The molecule has 0 aliphatic carbocycles. The van der Waals surface area contributed by atoms with E-state index in [1.165, 1.54) is 12.8 Å². The van der Waals surface area contributed by atoms with E-state index < -0.39 is 0 Å². The monoisotopic (exact) mass is 378 g/mol. The van der Waals surface area contributed by atoms with E-state index in [2.05, 4.69) is 20.5 Å². The SMILES string of the molecule is Cc1cnc(-c2ccc(-c3ccc(OC4C[C@H]5CC[C@@H](C4)N5)nn3)c(O)c2)o1. The van der Waals surface area contributed by atoms with E-state index in [9.17, 15) is 5.11 Å². The maximum absolute atomic E-state index is 10.4. The molecule has 0 amide bonds. The Balaban J connectivity index is 1.31. The lowest BCUT2D eigenvalue weighted by molar-refractivity contribution is 0.130. The maximum Gasteiger partial charge on any atom is 0.233 e. The standard InChI is InChI=1S/C21H22N4O3/c1-12-11-22-21(27-12)13-2-5-17(19(26)8-13)18-6-7-20(25-24-18)28-16-9-14-3-4-15(10-16)23-14/h2,5-8,11,14-16,23,26H,3-4,9-10H2,1H3/t14-,15+,16?.